The van der Waals surface area contributed by atoms with Crippen LogP contribution in [0.3, 0.4) is 0 Å². The van der Waals surface area contributed by atoms with E-state index < -0.39 is 0 Å². The Kier molecular flexibility index (Phi) is 4.20. The lowest BCUT2D eigenvalue weighted by molar-refractivity contribution is 0.194. The van der Waals surface area contributed by atoms with Crippen LogP contribution in [0.2, 0.25) is 0 Å². The van der Waals surface area contributed by atoms with Crippen LogP contribution in [0.1, 0.15) is 25.1 Å². The first-order valence-corrected chi connectivity index (χ1v) is 7.66. The number of rotatable bonds is 4. The van der Waals surface area contributed by atoms with Crippen LogP contribution in [0.5, 0.6) is 0 Å². The maximum Gasteiger partial charge on any atom is 0.181 e. The van der Waals surface area contributed by atoms with Gasteiger partial charge in [-0.05, 0) is 45.5 Å². The van der Waals surface area contributed by atoms with Crippen LogP contribution in [0.15, 0.2) is 24.3 Å². The summed E-state index contributed by atoms with van der Waals surface area (Å²) < 4.78 is 0. The first-order chi connectivity index (χ1) is 10.2. The molecule has 1 atom stereocenters. The molecule has 0 radical (unpaired) electrons. The number of hydrogen-bond acceptors (Lipinski definition) is 4. The standard InChI is InChI=1S/C16H23N5/c1-12-18-16(20-19-12)13-6-5-7-14(10-13)17-11-15-8-3-4-9-21(15)2/h5-7,10,15,17H,3-4,8-9,11H2,1-2H3,(H,18,19,20). The van der Waals surface area contributed by atoms with Crippen molar-refractivity contribution in [3.05, 3.63) is 30.1 Å². The van der Waals surface area contributed by atoms with Crippen molar-refractivity contribution in [3.8, 4) is 11.4 Å². The molecule has 0 amide bonds. The number of aromatic nitrogens is 3. The van der Waals surface area contributed by atoms with E-state index in [2.05, 4.69) is 44.6 Å². The zero-order valence-electron chi connectivity index (χ0n) is 12.8. The zero-order valence-corrected chi connectivity index (χ0v) is 12.8. The van der Waals surface area contributed by atoms with Crippen molar-refractivity contribution in [2.75, 3.05) is 25.5 Å². The molecular weight excluding hydrogens is 262 g/mol. The first kappa shape index (κ1) is 14.1. The number of hydrogen-bond donors (Lipinski definition) is 2. The molecule has 5 nitrogen and oxygen atoms in total. The van der Waals surface area contributed by atoms with Gasteiger partial charge in [0, 0.05) is 23.8 Å². The number of aryl methyl sites for hydroxylation is 1. The summed E-state index contributed by atoms with van der Waals surface area (Å²) in [5, 5.41) is 10.7. The summed E-state index contributed by atoms with van der Waals surface area (Å²) in [5.74, 6) is 1.60. The van der Waals surface area contributed by atoms with Crippen molar-refractivity contribution in [2.45, 2.75) is 32.2 Å². The highest BCUT2D eigenvalue weighted by molar-refractivity contribution is 5.62. The van der Waals surface area contributed by atoms with E-state index in [0.717, 1.165) is 29.4 Å². The average molecular weight is 285 g/mol. The molecule has 0 aliphatic carbocycles. The summed E-state index contributed by atoms with van der Waals surface area (Å²) >= 11 is 0. The van der Waals surface area contributed by atoms with E-state index in [1.54, 1.807) is 0 Å². The fourth-order valence-electron chi connectivity index (χ4n) is 2.88. The third kappa shape index (κ3) is 3.42. The second-order valence-corrected chi connectivity index (χ2v) is 5.84. The van der Waals surface area contributed by atoms with Crippen molar-refractivity contribution in [3.63, 3.8) is 0 Å². The number of anilines is 1. The maximum absolute atomic E-state index is 4.38. The fraction of sp³-hybridized carbons (Fsp3) is 0.500. The topological polar surface area (TPSA) is 56.8 Å². The van der Waals surface area contributed by atoms with Gasteiger partial charge in [0.15, 0.2) is 5.82 Å². The second-order valence-electron chi connectivity index (χ2n) is 5.84. The Morgan fingerprint density at radius 3 is 3.05 bits per heavy atom. The molecule has 5 heteroatoms. The highest BCUT2D eigenvalue weighted by Gasteiger charge is 2.18. The summed E-state index contributed by atoms with van der Waals surface area (Å²) in [6, 6.07) is 8.94. The van der Waals surface area contributed by atoms with E-state index in [4.69, 9.17) is 0 Å². The van der Waals surface area contributed by atoms with Gasteiger partial charge in [0.25, 0.3) is 0 Å². The minimum atomic E-state index is 0.633. The quantitative estimate of drug-likeness (QED) is 0.907. The fourth-order valence-corrected chi connectivity index (χ4v) is 2.88. The molecular formula is C16H23N5. The number of H-pyrrole nitrogens is 1. The van der Waals surface area contributed by atoms with Gasteiger partial charge in [0.1, 0.15) is 5.82 Å². The van der Waals surface area contributed by atoms with E-state index in [1.165, 1.54) is 25.8 Å². The van der Waals surface area contributed by atoms with Gasteiger partial charge in [0.2, 0.25) is 0 Å². The number of likely N-dealkylation sites (tertiary alicyclic amines) is 1. The lowest BCUT2D eigenvalue weighted by Crippen LogP contribution is -2.40. The predicted molar refractivity (Wildman–Crippen MR) is 85.3 cm³/mol. The molecule has 3 rings (SSSR count). The monoisotopic (exact) mass is 285 g/mol. The normalized spacial score (nSPS) is 19.6. The molecule has 2 N–H and O–H groups in total. The van der Waals surface area contributed by atoms with Crippen molar-refractivity contribution < 1.29 is 0 Å². The van der Waals surface area contributed by atoms with Gasteiger partial charge in [-0.15, -0.1) is 0 Å². The summed E-state index contributed by atoms with van der Waals surface area (Å²) in [5.41, 5.74) is 2.18. The molecule has 21 heavy (non-hydrogen) atoms. The Balaban J connectivity index is 1.66. The predicted octanol–water partition coefficient (Wildman–Crippen LogP) is 2.68. The van der Waals surface area contributed by atoms with E-state index in [0.29, 0.717) is 6.04 Å². The van der Waals surface area contributed by atoms with Gasteiger partial charge in [-0.3, -0.25) is 5.10 Å². The molecule has 1 fully saturated rings. The molecule has 0 spiro atoms. The van der Waals surface area contributed by atoms with Crippen LogP contribution >= 0.6 is 0 Å². The van der Waals surface area contributed by atoms with Gasteiger partial charge in [-0.1, -0.05) is 18.6 Å². The Labute approximate surface area is 125 Å². The van der Waals surface area contributed by atoms with Crippen LogP contribution in [0, 0.1) is 6.92 Å². The van der Waals surface area contributed by atoms with Gasteiger partial charge in [0.05, 0.1) is 0 Å². The summed E-state index contributed by atoms with van der Waals surface area (Å²) in [6.07, 6.45) is 3.95. The van der Waals surface area contributed by atoms with E-state index >= 15 is 0 Å². The molecule has 1 unspecified atom stereocenters. The number of likely N-dealkylation sites (N-methyl/N-ethyl adjacent to an activating group) is 1. The second kappa shape index (κ2) is 6.26. The van der Waals surface area contributed by atoms with E-state index in [9.17, 15) is 0 Å². The molecule has 0 saturated carbocycles. The molecule has 0 bridgehead atoms. The molecule has 112 valence electrons. The van der Waals surface area contributed by atoms with Crippen molar-refractivity contribution >= 4 is 5.69 Å². The summed E-state index contributed by atoms with van der Waals surface area (Å²) in [6.45, 7) is 4.12. The third-order valence-electron chi connectivity index (χ3n) is 4.18. The lowest BCUT2D eigenvalue weighted by atomic mass is 10.0. The molecule has 1 aliphatic heterocycles. The SMILES string of the molecule is Cc1nc(-c2cccc(NCC3CCCCN3C)c2)n[nH]1. The molecule has 1 aromatic carbocycles. The number of nitrogens with one attached hydrogen (secondary N) is 2. The van der Waals surface area contributed by atoms with Crippen LogP contribution < -0.4 is 5.32 Å². The Morgan fingerprint density at radius 1 is 1.38 bits per heavy atom. The Morgan fingerprint density at radius 2 is 2.29 bits per heavy atom. The van der Waals surface area contributed by atoms with E-state index in [-0.39, 0.29) is 0 Å². The number of piperidine rings is 1. The first-order valence-electron chi connectivity index (χ1n) is 7.66. The molecule has 2 aromatic rings. The average Bonchev–Trinajstić information content (AvgIpc) is 2.93. The number of benzene rings is 1. The summed E-state index contributed by atoms with van der Waals surface area (Å²) in [4.78, 5) is 6.84. The highest BCUT2D eigenvalue weighted by Crippen LogP contribution is 2.20. The minimum absolute atomic E-state index is 0.633. The zero-order chi connectivity index (χ0) is 14.7. The van der Waals surface area contributed by atoms with Crippen LogP contribution in [0.4, 0.5) is 5.69 Å². The van der Waals surface area contributed by atoms with E-state index in [1.807, 2.05) is 19.1 Å². The minimum Gasteiger partial charge on any atom is -0.383 e. The van der Waals surface area contributed by atoms with Gasteiger partial charge in [-0.25, -0.2) is 4.98 Å². The molecule has 1 aromatic heterocycles. The van der Waals surface area contributed by atoms with Crippen molar-refractivity contribution in [1.29, 1.82) is 0 Å². The van der Waals surface area contributed by atoms with Crippen LogP contribution in [-0.2, 0) is 0 Å². The molecule has 1 aliphatic rings. The summed E-state index contributed by atoms with van der Waals surface area (Å²) in [7, 11) is 2.22. The number of nitrogens with zero attached hydrogens (tertiary/aromatic N) is 3. The Hall–Kier alpha value is -1.88. The van der Waals surface area contributed by atoms with Crippen molar-refractivity contribution in [1.82, 2.24) is 20.1 Å². The maximum atomic E-state index is 4.38. The van der Waals surface area contributed by atoms with Gasteiger partial charge in [-0.2, -0.15) is 5.10 Å². The smallest absolute Gasteiger partial charge is 0.181 e. The van der Waals surface area contributed by atoms with Crippen molar-refractivity contribution in [2.24, 2.45) is 0 Å². The highest BCUT2D eigenvalue weighted by atomic mass is 15.2. The van der Waals surface area contributed by atoms with Crippen LogP contribution in [-0.4, -0.2) is 46.3 Å². The third-order valence-corrected chi connectivity index (χ3v) is 4.18. The van der Waals surface area contributed by atoms with Crippen LogP contribution in [0.25, 0.3) is 11.4 Å². The lowest BCUT2D eigenvalue weighted by Gasteiger charge is -2.32. The Bertz CT molecular complexity index is 592. The largest absolute Gasteiger partial charge is 0.383 e. The number of aromatic amines is 1. The van der Waals surface area contributed by atoms with Gasteiger partial charge >= 0.3 is 0 Å². The molecule has 2 heterocycles. The molecule has 1 saturated heterocycles. The van der Waals surface area contributed by atoms with Gasteiger partial charge < -0.3 is 10.2 Å².